The number of esters is 2. The molecule has 0 aromatic heterocycles. The maximum absolute atomic E-state index is 12.5. The van der Waals surface area contributed by atoms with Crippen LogP contribution in [0, 0.1) is 0 Å². The highest BCUT2D eigenvalue weighted by molar-refractivity contribution is 5.89. The van der Waals surface area contributed by atoms with Crippen molar-refractivity contribution in [3.05, 3.63) is 65.7 Å². The minimum absolute atomic E-state index is 0.0423. The second-order valence-corrected chi connectivity index (χ2v) is 6.65. The van der Waals surface area contributed by atoms with Crippen molar-refractivity contribution in [3.63, 3.8) is 0 Å². The third-order valence-corrected chi connectivity index (χ3v) is 4.20. The molecule has 0 heterocycles. The highest BCUT2D eigenvalue weighted by Crippen LogP contribution is 2.23. The van der Waals surface area contributed by atoms with Gasteiger partial charge in [0.2, 0.25) is 0 Å². The summed E-state index contributed by atoms with van der Waals surface area (Å²) in [5, 5.41) is 5.45. The van der Waals surface area contributed by atoms with Gasteiger partial charge in [0.05, 0.1) is 19.4 Å². The van der Waals surface area contributed by atoms with E-state index >= 15 is 0 Å². The topological polar surface area (TPSA) is 93.7 Å². The Labute approximate surface area is 176 Å². The molecule has 2 aromatic carbocycles. The summed E-state index contributed by atoms with van der Waals surface area (Å²) in [6.07, 6.45) is 0.156. The van der Waals surface area contributed by atoms with Crippen LogP contribution in [0.2, 0.25) is 0 Å². The minimum atomic E-state index is -0.707. The molecule has 7 heteroatoms. The molecular weight excluding hydrogens is 384 g/mol. The van der Waals surface area contributed by atoms with E-state index < -0.39 is 18.0 Å². The zero-order valence-electron chi connectivity index (χ0n) is 17.4. The number of hydrogen-bond acceptors (Lipinski definition) is 5. The maximum Gasteiger partial charge on any atom is 0.319 e. The molecule has 0 aliphatic heterocycles. The van der Waals surface area contributed by atoms with Gasteiger partial charge in [0.1, 0.15) is 6.10 Å². The molecule has 0 aliphatic rings. The van der Waals surface area contributed by atoms with E-state index in [2.05, 4.69) is 10.6 Å². The van der Waals surface area contributed by atoms with Gasteiger partial charge < -0.3 is 20.1 Å². The summed E-state index contributed by atoms with van der Waals surface area (Å²) < 4.78 is 10.6. The normalized spacial score (nSPS) is 11.3. The SMILES string of the molecule is CCCNC(=O)Nc1ccc(CC(=O)OC(CC(=O)OCC)c2ccccc2)cc1. The van der Waals surface area contributed by atoms with Crippen LogP contribution in [0.3, 0.4) is 0 Å². The molecule has 2 rings (SSSR count). The van der Waals surface area contributed by atoms with Crippen LogP contribution in [0.1, 0.15) is 43.9 Å². The monoisotopic (exact) mass is 412 g/mol. The summed E-state index contributed by atoms with van der Waals surface area (Å²) in [6.45, 7) is 4.58. The fourth-order valence-electron chi connectivity index (χ4n) is 2.75. The van der Waals surface area contributed by atoms with Crippen LogP contribution >= 0.6 is 0 Å². The average Bonchev–Trinajstić information content (AvgIpc) is 2.74. The summed E-state index contributed by atoms with van der Waals surface area (Å²) in [5.41, 5.74) is 2.10. The Bertz CT molecular complexity index is 821. The first-order valence-corrected chi connectivity index (χ1v) is 10.1. The van der Waals surface area contributed by atoms with E-state index in [1.165, 1.54) is 0 Å². The van der Waals surface area contributed by atoms with Crippen LogP contribution in [-0.2, 0) is 25.5 Å². The molecule has 160 valence electrons. The molecule has 0 saturated heterocycles. The van der Waals surface area contributed by atoms with E-state index in [4.69, 9.17) is 9.47 Å². The minimum Gasteiger partial charge on any atom is -0.466 e. The zero-order valence-corrected chi connectivity index (χ0v) is 17.4. The quantitative estimate of drug-likeness (QED) is 0.576. The van der Waals surface area contributed by atoms with Gasteiger partial charge >= 0.3 is 18.0 Å². The zero-order chi connectivity index (χ0) is 21.8. The smallest absolute Gasteiger partial charge is 0.319 e. The number of ether oxygens (including phenoxy) is 2. The first-order valence-electron chi connectivity index (χ1n) is 10.1. The van der Waals surface area contributed by atoms with Crippen molar-refractivity contribution in [1.29, 1.82) is 0 Å². The molecule has 2 aromatic rings. The number of amides is 2. The van der Waals surface area contributed by atoms with E-state index in [0.29, 0.717) is 12.2 Å². The molecule has 0 saturated carbocycles. The lowest BCUT2D eigenvalue weighted by atomic mass is 10.1. The summed E-state index contributed by atoms with van der Waals surface area (Å²) in [4.78, 5) is 36.1. The van der Waals surface area contributed by atoms with E-state index in [0.717, 1.165) is 17.5 Å². The summed E-state index contributed by atoms with van der Waals surface area (Å²) >= 11 is 0. The number of carbonyl (C=O) groups is 3. The number of rotatable bonds is 10. The fourth-order valence-corrected chi connectivity index (χ4v) is 2.75. The third kappa shape index (κ3) is 7.95. The highest BCUT2D eigenvalue weighted by Gasteiger charge is 2.21. The van der Waals surface area contributed by atoms with Crippen LogP contribution in [0.15, 0.2) is 54.6 Å². The molecule has 0 spiro atoms. The molecule has 1 unspecified atom stereocenters. The molecule has 0 bridgehead atoms. The Morgan fingerprint density at radius 1 is 0.933 bits per heavy atom. The average molecular weight is 412 g/mol. The molecule has 2 amide bonds. The van der Waals surface area contributed by atoms with Gasteiger partial charge in [0.25, 0.3) is 0 Å². The molecule has 0 radical (unpaired) electrons. The van der Waals surface area contributed by atoms with E-state index in [9.17, 15) is 14.4 Å². The lowest BCUT2D eigenvalue weighted by Gasteiger charge is -2.18. The lowest BCUT2D eigenvalue weighted by molar-refractivity contribution is -0.154. The van der Waals surface area contributed by atoms with E-state index in [1.807, 2.05) is 25.1 Å². The summed E-state index contributed by atoms with van der Waals surface area (Å²) in [5.74, 6) is -0.870. The fraction of sp³-hybridized carbons (Fsp3) is 0.348. The number of anilines is 1. The predicted molar refractivity (Wildman–Crippen MR) is 114 cm³/mol. The summed E-state index contributed by atoms with van der Waals surface area (Å²) in [6, 6.07) is 15.8. The van der Waals surface area contributed by atoms with Crippen LogP contribution < -0.4 is 10.6 Å². The number of nitrogens with one attached hydrogen (secondary N) is 2. The van der Waals surface area contributed by atoms with Crippen molar-refractivity contribution in [3.8, 4) is 0 Å². The van der Waals surface area contributed by atoms with E-state index in [-0.39, 0.29) is 25.5 Å². The van der Waals surface area contributed by atoms with Gasteiger partial charge in [-0.2, -0.15) is 0 Å². The van der Waals surface area contributed by atoms with Gasteiger partial charge in [0, 0.05) is 12.2 Å². The van der Waals surface area contributed by atoms with Gasteiger partial charge in [-0.15, -0.1) is 0 Å². The lowest BCUT2D eigenvalue weighted by Crippen LogP contribution is -2.29. The molecular formula is C23H28N2O5. The van der Waals surface area contributed by atoms with Crippen molar-refractivity contribution in [2.45, 2.75) is 39.2 Å². The molecule has 2 N–H and O–H groups in total. The number of hydrogen-bond donors (Lipinski definition) is 2. The summed E-state index contributed by atoms with van der Waals surface area (Å²) in [7, 11) is 0. The third-order valence-electron chi connectivity index (χ3n) is 4.20. The van der Waals surface area contributed by atoms with Crippen LogP contribution in [0.5, 0.6) is 0 Å². The highest BCUT2D eigenvalue weighted by atomic mass is 16.6. The van der Waals surface area contributed by atoms with Crippen molar-refractivity contribution < 1.29 is 23.9 Å². The Morgan fingerprint density at radius 3 is 2.27 bits per heavy atom. The molecule has 30 heavy (non-hydrogen) atoms. The van der Waals surface area contributed by atoms with Crippen LogP contribution in [-0.4, -0.2) is 31.1 Å². The van der Waals surface area contributed by atoms with Gasteiger partial charge in [-0.3, -0.25) is 9.59 Å². The Balaban J connectivity index is 1.95. The standard InChI is InChI=1S/C23H28N2O5/c1-3-14-24-23(28)25-19-12-10-17(11-13-19)15-22(27)30-20(16-21(26)29-4-2)18-8-6-5-7-9-18/h5-13,20H,3-4,14-16H2,1-2H3,(H2,24,25,28). The molecule has 7 nitrogen and oxygen atoms in total. The first kappa shape index (κ1) is 22.9. The van der Waals surface area contributed by atoms with Crippen LogP contribution in [0.4, 0.5) is 10.5 Å². The van der Waals surface area contributed by atoms with Crippen molar-refractivity contribution >= 4 is 23.7 Å². The van der Waals surface area contributed by atoms with Gasteiger partial charge in [-0.05, 0) is 36.6 Å². The van der Waals surface area contributed by atoms with Gasteiger partial charge in [-0.1, -0.05) is 49.4 Å². The number of urea groups is 1. The Morgan fingerprint density at radius 2 is 1.63 bits per heavy atom. The van der Waals surface area contributed by atoms with Crippen molar-refractivity contribution in [2.75, 3.05) is 18.5 Å². The molecule has 0 fully saturated rings. The Hall–Kier alpha value is -3.35. The van der Waals surface area contributed by atoms with Crippen molar-refractivity contribution in [1.82, 2.24) is 5.32 Å². The molecule has 1 atom stereocenters. The van der Waals surface area contributed by atoms with Gasteiger partial charge in [0.15, 0.2) is 0 Å². The largest absolute Gasteiger partial charge is 0.466 e. The van der Waals surface area contributed by atoms with Gasteiger partial charge in [-0.25, -0.2) is 4.79 Å². The Kier molecular flexibility index (Phi) is 9.37. The second kappa shape index (κ2) is 12.3. The van der Waals surface area contributed by atoms with Crippen LogP contribution in [0.25, 0.3) is 0 Å². The van der Waals surface area contributed by atoms with Crippen molar-refractivity contribution in [2.24, 2.45) is 0 Å². The number of carbonyl (C=O) groups excluding carboxylic acids is 3. The first-order chi connectivity index (χ1) is 14.5. The maximum atomic E-state index is 12.5. The number of benzene rings is 2. The van der Waals surface area contributed by atoms with E-state index in [1.54, 1.807) is 43.3 Å². The predicted octanol–water partition coefficient (Wildman–Crippen LogP) is 4.00. The second-order valence-electron chi connectivity index (χ2n) is 6.65. The molecule has 0 aliphatic carbocycles.